The molecule has 1 heterocycles. The number of aliphatic carboxylic acids is 1. The zero-order valence-electron chi connectivity index (χ0n) is 9.35. The Bertz CT molecular complexity index is 241. The molecular formula is C11H20N2O2. The number of carboxylic acid groups (broad SMARTS) is 1. The number of rotatable bonds is 4. The highest BCUT2D eigenvalue weighted by molar-refractivity contribution is 5.66. The summed E-state index contributed by atoms with van der Waals surface area (Å²) in [6.45, 7) is 3.31. The van der Waals surface area contributed by atoms with Crippen molar-refractivity contribution in [3.05, 3.63) is 0 Å². The molecule has 2 rings (SSSR count). The van der Waals surface area contributed by atoms with E-state index in [1.54, 1.807) is 0 Å². The molecule has 0 amide bonds. The highest BCUT2D eigenvalue weighted by Crippen LogP contribution is 2.29. The molecular weight excluding hydrogens is 192 g/mol. The molecule has 1 aliphatic carbocycles. The zero-order chi connectivity index (χ0) is 10.8. The molecule has 2 aliphatic rings. The lowest BCUT2D eigenvalue weighted by atomic mass is 10.1. The minimum absolute atomic E-state index is 0.299. The fraction of sp³-hybridized carbons (Fsp3) is 0.909. The van der Waals surface area contributed by atoms with Crippen LogP contribution in [0.4, 0.5) is 0 Å². The molecule has 4 heteroatoms. The van der Waals surface area contributed by atoms with Gasteiger partial charge in [-0.25, -0.2) is 0 Å². The van der Waals surface area contributed by atoms with Crippen LogP contribution in [0, 0.1) is 0 Å². The Morgan fingerprint density at radius 3 is 2.73 bits per heavy atom. The van der Waals surface area contributed by atoms with Crippen molar-refractivity contribution < 1.29 is 9.90 Å². The zero-order valence-corrected chi connectivity index (χ0v) is 9.35. The quantitative estimate of drug-likeness (QED) is 0.742. The molecule has 86 valence electrons. The van der Waals surface area contributed by atoms with Gasteiger partial charge in [0.1, 0.15) is 0 Å². The molecule has 1 atom stereocenters. The summed E-state index contributed by atoms with van der Waals surface area (Å²) in [7, 11) is 2.11. The van der Waals surface area contributed by atoms with Gasteiger partial charge in [-0.15, -0.1) is 0 Å². The average Bonchev–Trinajstić information content (AvgIpc) is 3.00. The molecule has 15 heavy (non-hydrogen) atoms. The Hall–Kier alpha value is -0.610. The van der Waals surface area contributed by atoms with Crippen LogP contribution in [0.3, 0.4) is 0 Å². The van der Waals surface area contributed by atoms with E-state index in [0.29, 0.717) is 12.5 Å². The van der Waals surface area contributed by atoms with E-state index in [2.05, 4.69) is 16.8 Å². The maximum Gasteiger partial charge on any atom is 0.303 e. The summed E-state index contributed by atoms with van der Waals surface area (Å²) in [5.74, 6) is -0.674. The van der Waals surface area contributed by atoms with Gasteiger partial charge in [0.25, 0.3) is 0 Å². The first-order chi connectivity index (χ1) is 7.16. The molecule has 1 aliphatic heterocycles. The van der Waals surface area contributed by atoms with E-state index < -0.39 is 5.97 Å². The second kappa shape index (κ2) is 4.49. The summed E-state index contributed by atoms with van der Waals surface area (Å²) < 4.78 is 0. The van der Waals surface area contributed by atoms with E-state index in [0.717, 1.165) is 32.1 Å². The monoisotopic (exact) mass is 212 g/mol. The molecule has 1 saturated carbocycles. The Balaban J connectivity index is 1.81. The molecule has 0 aromatic carbocycles. The van der Waals surface area contributed by atoms with Crippen molar-refractivity contribution in [2.24, 2.45) is 0 Å². The van der Waals surface area contributed by atoms with Crippen LogP contribution in [-0.2, 0) is 4.79 Å². The fourth-order valence-electron chi connectivity index (χ4n) is 2.34. The van der Waals surface area contributed by atoms with E-state index in [1.807, 2.05) is 0 Å². The third kappa shape index (κ3) is 2.92. The Morgan fingerprint density at radius 2 is 2.13 bits per heavy atom. The number of carbonyl (C=O) groups is 1. The number of nitrogens with zero attached hydrogens (tertiary/aromatic N) is 2. The molecule has 0 aromatic heterocycles. The molecule has 1 unspecified atom stereocenters. The van der Waals surface area contributed by atoms with Crippen LogP contribution in [0.1, 0.15) is 25.7 Å². The van der Waals surface area contributed by atoms with Gasteiger partial charge in [0, 0.05) is 38.1 Å². The summed E-state index contributed by atoms with van der Waals surface area (Å²) in [5, 5.41) is 8.69. The lowest BCUT2D eigenvalue weighted by Gasteiger charge is -2.39. The SMILES string of the molecule is CN1CCN(C2CC2)CC1CCC(=O)O. The first-order valence-electron chi connectivity index (χ1n) is 5.83. The maximum absolute atomic E-state index is 10.5. The third-order valence-electron chi connectivity index (χ3n) is 3.56. The first kappa shape index (κ1) is 10.9. The van der Waals surface area contributed by atoms with Crippen molar-refractivity contribution >= 4 is 5.97 Å². The van der Waals surface area contributed by atoms with E-state index in [-0.39, 0.29) is 0 Å². The average molecular weight is 212 g/mol. The van der Waals surface area contributed by atoms with Gasteiger partial charge >= 0.3 is 5.97 Å². The van der Waals surface area contributed by atoms with Gasteiger partial charge in [0.05, 0.1) is 0 Å². The number of carboxylic acids is 1. The largest absolute Gasteiger partial charge is 0.481 e. The molecule has 4 nitrogen and oxygen atoms in total. The van der Waals surface area contributed by atoms with Gasteiger partial charge in [-0.1, -0.05) is 0 Å². The highest BCUT2D eigenvalue weighted by atomic mass is 16.4. The minimum Gasteiger partial charge on any atom is -0.481 e. The predicted octanol–water partition coefficient (Wildman–Crippen LogP) is 0.630. The van der Waals surface area contributed by atoms with Gasteiger partial charge < -0.3 is 10.0 Å². The van der Waals surface area contributed by atoms with Crippen molar-refractivity contribution in [2.75, 3.05) is 26.7 Å². The fourth-order valence-corrected chi connectivity index (χ4v) is 2.34. The topological polar surface area (TPSA) is 43.8 Å². The lowest BCUT2D eigenvalue weighted by Crippen LogP contribution is -2.52. The van der Waals surface area contributed by atoms with E-state index >= 15 is 0 Å². The Kier molecular flexibility index (Phi) is 3.26. The lowest BCUT2D eigenvalue weighted by molar-refractivity contribution is -0.137. The minimum atomic E-state index is -0.674. The highest BCUT2D eigenvalue weighted by Gasteiger charge is 2.34. The van der Waals surface area contributed by atoms with E-state index in [9.17, 15) is 4.79 Å². The van der Waals surface area contributed by atoms with Gasteiger partial charge in [0.15, 0.2) is 0 Å². The van der Waals surface area contributed by atoms with Gasteiger partial charge in [-0.05, 0) is 26.3 Å². The van der Waals surface area contributed by atoms with Crippen LogP contribution in [0.5, 0.6) is 0 Å². The molecule has 0 radical (unpaired) electrons. The predicted molar refractivity (Wildman–Crippen MR) is 57.9 cm³/mol. The summed E-state index contributed by atoms with van der Waals surface area (Å²) in [6, 6.07) is 1.25. The van der Waals surface area contributed by atoms with Crippen molar-refractivity contribution in [1.82, 2.24) is 9.80 Å². The molecule has 0 aromatic rings. The smallest absolute Gasteiger partial charge is 0.303 e. The molecule has 1 N–H and O–H groups in total. The van der Waals surface area contributed by atoms with Gasteiger partial charge in [-0.2, -0.15) is 0 Å². The van der Waals surface area contributed by atoms with Crippen molar-refractivity contribution in [3.63, 3.8) is 0 Å². The van der Waals surface area contributed by atoms with Crippen LogP contribution in [-0.4, -0.2) is 59.6 Å². The molecule has 2 fully saturated rings. The number of hydrogen-bond donors (Lipinski definition) is 1. The third-order valence-corrected chi connectivity index (χ3v) is 3.56. The maximum atomic E-state index is 10.5. The standard InChI is InChI=1S/C11H20N2O2/c1-12-6-7-13(9-2-3-9)8-10(12)4-5-11(14)15/h9-10H,2-8H2,1H3,(H,14,15). The van der Waals surface area contributed by atoms with Crippen LogP contribution in [0.2, 0.25) is 0 Å². The van der Waals surface area contributed by atoms with Crippen LogP contribution in [0.25, 0.3) is 0 Å². The summed E-state index contributed by atoms with van der Waals surface area (Å²) in [4.78, 5) is 15.4. The molecule has 0 spiro atoms. The van der Waals surface area contributed by atoms with E-state index in [1.165, 1.54) is 12.8 Å². The Morgan fingerprint density at radius 1 is 1.40 bits per heavy atom. The Labute approximate surface area is 90.9 Å². The number of likely N-dealkylation sites (N-methyl/N-ethyl adjacent to an activating group) is 1. The van der Waals surface area contributed by atoms with Crippen molar-refractivity contribution in [3.8, 4) is 0 Å². The molecule has 0 bridgehead atoms. The van der Waals surface area contributed by atoms with Crippen LogP contribution in [0.15, 0.2) is 0 Å². The second-order valence-corrected chi connectivity index (χ2v) is 4.79. The van der Waals surface area contributed by atoms with Crippen LogP contribution < -0.4 is 0 Å². The van der Waals surface area contributed by atoms with E-state index in [4.69, 9.17) is 5.11 Å². The van der Waals surface area contributed by atoms with Crippen LogP contribution >= 0.6 is 0 Å². The normalized spacial score (nSPS) is 29.3. The first-order valence-corrected chi connectivity index (χ1v) is 5.83. The van der Waals surface area contributed by atoms with Gasteiger partial charge in [0.2, 0.25) is 0 Å². The van der Waals surface area contributed by atoms with Crippen molar-refractivity contribution in [2.45, 2.75) is 37.8 Å². The number of piperazine rings is 1. The van der Waals surface area contributed by atoms with Crippen molar-refractivity contribution in [1.29, 1.82) is 0 Å². The second-order valence-electron chi connectivity index (χ2n) is 4.79. The summed E-state index contributed by atoms with van der Waals surface area (Å²) in [5.41, 5.74) is 0. The van der Waals surface area contributed by atoms with Gasteiger partial charge in [-0.3, -0.25) is 9.69 Å². The molecule has 1 saturated heterocycles. The summed E-state index contributed by atoms with van der Waals surface area (Å²) >= 11 is 0. The summed E-state index contributed by atoms with van der Waals surface area (Å²) in [6.07, 6.45) is 3.77. The number of hydrogen-bond acceptors (Lipinski definition) is 3.